The fourth-order valence-corrected chi connectivity index (χ4v) is 2.37. The number of unbranched alkanes of at least 4 members (excludes halogenated alkanes) is 1. The highest BCUT2D eigenvalue weighted by Crippen LogP contribution is 2.13. The number of carbonyl (C=O) groups is 1. The lowest BCUT2D eigenvalue weighted by Gasteiger charge is -2.08. The molecule has 1 amide bonds. The molecule has 23 heavy (non-hydrogen) atoms. The molecule has 0 fully saturated rings. The molecular formula is C18H22ClN3O. The van der Waals surface area contributed by atoms with Gasteiger partial charge in [-0.05, 0) is 42.7 Å². The van der Waals surface area contributed by atoms with Crippen LogP contribution in [0.5, 0.6) is 0 Å². The Labute approximate surface area is 142 Å². The Morgan fingerprint density at radius 2 is 2.13 bits per heavy atom. The van der Waals surface area contributed by atoms with Crippen molar-refractivity contribution in [2.75, 3.05) is 17.2 Å². The van der Waals surface area contributed by atoms with Crippen LogP contribution in [0.25, 0.3) is 0 Å². The van der Waals surface area contributed by atoms with Crippen molar-refractivity contribution in [3.8, 4) is 0 Å². The molecule has 0 atom stereocenters. The smallest absolute Gasteiger partial charge is 0.225 e. The lowest BCUT2D eigenvalue weighted by molar-refractivity contribution is -0.116. The second-order valence-corrected chi connectivity index (χ2v) is 5.83. The number of nitrogens with one attached hydrogen (secondary N) is 2. The Morgan fingerprint density at radius 1 is 1.26 bits per heavy atom. The maximum absolute atomic E-state index is 11.6. The predicted molar refractivity (Wildman–Crippen MR) is 96.0 cm³/mol. The molecule has 0 aliphatic heterocycles. The summed E-state index contributed by atoms with van der Waals surface area (Å²) in [7, 11) is 0. The Morgan fingerprint density at radius 3 is 2.83 bits per heavy atom. The fraction of sp³-hybridized carbons (Fsp3) is 0.333. The molecule has 1 aromatic carbocycles. The number of hydrogen-bond acceptors (Lipinski definition) is 3. The van der Waals surface area contributed by atoms with Gasteiger partial charge in [0, 0.05) is 18.0 Å². The van der Waals surface area contributed by atoms with Crippen molar-refractivity contribution < 1.29 is 4.79 Å². The number of rotatable bonds is 8. The van der Waals surface area contributed by atoms with Gasteiger partial charge >= 0.3 is 0 Å². The summed E-state index contributed by atoms with van der Waals surface area (Å²) in [6.45, 7) is 2.86. The van der Waals surface area contributed by atoms with Crippen LogP contribution >= 0.6 is 11.6 Å². The number of hydrogen-bond donors (Lipinski definition) is 2. The zero-order valence-corrected chi connectivity index (χ0v) is 14.1. The summed E-state index contributed by atoms with van der Waals surface area (Å²) in [6.07, 6.45) is 5.06. The second-order valence-electron chi connectivity index (χ2n) is 5.39. The fourth-order valence-electron chi connectivity index (χ4n) is 2.16. The van der Waals surface area contributed by atoms with Crippen molar-refractivity contribution in [1.82, 2.24) is 4.98 Å². The van der Waals surface area contributed by atoms with Crippen LogP contribution in [0.4, 0.5) is 11.5 Å². The van der Waals surface area contributed by atoms with Crippen molar-refractivity contribution in [2.24, 2.45) is 0 Å². The number of halogens is 1. The maximum Gasteiger partial charge on any atom is 0.225 e. The van der Waals surface area contributed by atoms with E-state index in [4.69, 9.17) is 11.6 Å². The van der Waals surface area contributed by atoms with Gasteiger partial charge in [0.05, 0.1) is 11.9 Å². The van der Waals surface area contributed by atoms with Crippen LogP contribution < -0.4 is 10.6 Å². The Balaban J connectivity index is 1.77. The summed E-state index contributed by atoms with van der Waals surface area (Å²) in [6, 6.07) is 11.6. The van der Waals surface area contributed by atoms with Crippen molar-refractivity contribution in [2.45, 2.75) is 32.6 Å². The highest BCUT2D eigenvalue weighted by atomic mass is 35.5. The van der Waals surface area contributed by atoms with Crippen molar-refractivity contribution in [3.63, 3.8) is 0 Å². The molecule has 4 nitrogen and oxygen atoms in total. The lowest BCUT2D eigenvalue weighted by Crippen LogP contribution is -2.12. The number of anilines is 2. The average molecular weight is 332 g/mol. The largest absolute Gasteiger partial charge is 0.383 e. The van der Waals surface area contributed by atoms with Gasteiger partial charge in [-0.1, -0.05) is 37.1 Å². The first kappa shape index (κ1) is 17.3. The normalized spacial score (nSPS) is 10.3. The van der Waals surface area contributed by atoms with Crippen molar-refractivity contribution in [1.29, 1.82) is 0 Å². The predicted octanol–water partition coefficient (Wildman–Crippen LogP) is 4.52. The first-order valence-electron chi connectivity index (χ1n) is 7.91. The van der Waals surface area contributed by atoms with Crippen LogP contribution in [0.2, 0.25) is 5.02 Å². The molecule has 2 aromatic rings. The van der Waals surface area contributed by atoms with E-state index >= 15 is 0 Å². The molecule has 5 heteroatoms. The van der Waals surface area contributed by atoms with E-state index in [9.17, 15) is 4.79 Å². The molecule has 0 saturated carbocycles. The summed E-state index contributed by atoms with van der Waals surface area (Å²) in [5.74, 6) is 0.604. The van der Waals surface area contributed by atoms with Gasteiger partial charge in [-0.25, -0.2) is 4.98 Å². The van der Waals surface area contributed by atoms with Gasteiger partial charge in [-0.3, -0.25) is 4.79 Å². The van der Waals surface area contributed by atoms with E-state index in [0.29, 0.717) is 12.2 Å². The Hall–Kier alpha value is -2.07. The molecule has 0 aliphatic rings. The lowest BCUT2D eigenvalue weighted by atomic mass is 10.1. The topological polar surface area (TPSA) is 54.0 Å². The minimum atomic E-state index is 0.0148. The molecule has 122 valence electrons. The van der Waals surface area contributed by atoms with Crippen LogP contribution in [0.3, 0.4) is 0 Å². The standard InChI is InChI=1S/C18H22ClN3O/c1-2-3-7-18(23)22-17-9-8-16(13-21-17)20-11-10-14-5-4-6-15(19)12-14/h4-6,8-9,12-13,20H,2-3,7,10-11H2,1H3,(H,21,22,23). The van der Waals surface area contributed by atoms with Gasteiger partial charge in [0.25, 0.3) is 0 Å². The van der Waals surface area contributed by atoms with Crippen molar-refractivity contribution >= 4 is 29.0 Å². The van der Waals surface area contributed by atoms with Gasteiger partial charge in [0.2, 0.25) is 5.91 Å². The van der Waals surface area contributed by atoms with E-state index in [0.717, 1.165) is 36.5 Å². The van der Waals surface area contributed by atoms with E-state index in [1.54, 1.807) is 6.20 Å². The molecule has 0 radical (unpaired) electrons. The molecule has 0 saturated heterocycles. The van der Waals surface area contributed by atoms with E-state index in [1.165, 1.54) is 5.56 Å². The third-order valence-electron chi connectivity index (χ3n) is 3.42. The Kier molecular flexibility index (Phi) is 6.88. The van der Waals surface area contributed by atoms with Crippen LogP contribution in [0.15, 0.2) is 42.6 Å². The second kappa shape index (κ2) is 9.16. The number of benzene rings is 1. The van der Waals surface area contributed by atoms with Crippen LogP contribution in [-0.2, 0) is 11.2 Å². The van der Waals surface area contributed by atoms with E-state index in [2.05, 4.69) is 28.6 Å². The summed E-state index contributed by atoms with van der Waals surface area (Å²) in [4.78, 5) is 15.9. The third-order valence-corrected chi connectivity index (χ3v) is 3.66. The molecule has 0 bridgehead atoms. The zero-order chi connectivity index (χ0) is 16.5. The summed E-state index contributed by atoms with van der Waals surface area (Å²) in [5.41, 5.74) is 2.12. The van der Waals surface area contributed by atoms with Crippen molar-refractivity contribution in [3.05, 3.63) is 53.2 Å². The number of amides is 1. The summed E-state index contributed by atoms with van der Waals surface area (Å²) >= 11 is 5.97. The molecule has 0 unspecified atom stereocenters. The molecule has 1 heterocycles. The maximum atomic E-state index is 11.6. The molecule has 1 aromatic heterocycles. The zero-order valence-electron chi connectivity index (χ0n) is 13.3. The SMILES string of the molecule is CCCCC(=O)Nc1ccc(NCCc2cccc(Cl)c2)cn1. The van der Waals surface area contributed by atoms with Gasteiger partial charge < -0.3 is 10.6 Å². The summed E-state index contributed by atoms with van der Waals surface area (Å²) < 4.78 is 0. The Bertz CT molecular complexity index is 628. The van der Waals surface area contributed by atoms with E-state index < -0.39 is 0 Å². The molecule has 2 N–H and O–H groups in total. The van der Waals surface area contributed by atoms with Gasteiger partial charge in [-0.15, -0.1) is 0 Å². The highest BCUT2D eigenvalue weighted by molar-refractivity contribution is 6.30. The van der Waals surface area contributed by atoms with Crippen LogP contribution in [0, 0.1) is 0 Å². The molecular weight excluding hydrogens is 310 g/mol. The number of aromatic nitrogens is 1. The van der Waals surface area contributed by atoms with Gasteiger partial charge in [-0.2, -0.15) is 0 Å². The number of carbonyl (C=O) groups excluding carboxylic acids is 1. The van der Waals surface area contributed by atoms with Crippen LogP contribution in [0.1, 0.15) is 31.7 Å². The first-order chi connectivity index (χ1) is 11.2. The van der Waals surface area contributed by atoms with Gasteiger partial charge in [0.1, 0.15) is 5.82 Å². The van der Waals surface area contributed by atoms with Crippen LogP contribution in [-0.4, -0.2) is 17.4 Å². The number of nitrogens with zero attached hydrogens (tertiary/aromatic N) is 1. The third kappa shape index (κ3) is 6.28. The number of pyridine rings is 1. The minimum absolute atomic E-state index is 0.0148. The molecule has 0 aliphatic carbocycles. The van der Waals surface area contributed by atoms with E-state index in [-0.39, 0.29) is 5.91 Å². The molecule has 2 rings (SSSR count). The first-order valence-corrected chi connectivity index (χ1v) is 8.29. The molecule has 0 spiro atoms. The summed E-state index contributed by atoms with van der Waals surface area (Å²) in [5, 5.41) is 6.87. The average Bonchev–Trinajstić information content (AvgIpc) is 2.55. The van der Waals surface area contributed by atoms with Gasteiger partial charge in [0.15, 0.2) is 0 Å². The monoisotopic (exact) mass is 331 g/mol. The van der Waals surface area contributed by atoms with E-state index in [1.807, 2.05) is 30.3 Å². The highest BCUT2D eigenvalue weighted by Gasteiger charge is 2.02. The quantitative estimate of drug-likeness (QED) is 0.747. The minimum Gasteiger partial charge on any atom is -0.383 e.